The number of benzene rings is 3. The number of ether oxygens (including phenoxy) is 2. The number of nitrogens with zero attached hydrogens (tertiary/aromatic N) is 1. The van der Waals surface area contributed by atoms with Crippen molar-refractivity contribution in [2.45, 2.75) is 11.1 Å². The van der Waals surface area contributed by atoms with Crippen molar-refractivity contribution >= 4 is 22.2 Å². The smallest absolute Gasteiger partial charge is 0.416 e. The van der Waals surface area contributed by atoms with Gasteiger partial charge in [0.2, 0.25) is 0 Å². The summed E-state index contributed by atoms with van der Waals surface area (Å²) in [5.41, 5.74) is 1.44. The van der Waals surface area contributed by atoms with Crippen molar-refractivity contribution in [3.05, 3.63) is 83.9 Å². The number of carbonyl (C=O) groups is 1. The van der Waals surface area contributed by atoms with Gasteiger partial charge in [-0.3, -0.25) is 4.79 Å². The lowest BCUT2D eigenvalue weighted by Gasteiger charge is -2.11. The zero-order valence-corrected chi connectivity index (χ0v) is 19.0. The van der Waals surface area contributed by atoms with Crippen LogP contribution < -0.4 is 19.1 Å². The summed E-state index contributed by atoms with van der Waals surface area (Å²) in [5.74, 6) is 0.248. The Bertz CT molecular complexity index is 1310. The number of hydrazone groups is 1. The first-order valence-corrected chi connectivity index (χ1v) is 11.3. The van der Waals surface area contributed by atoms with E-state index >= 15 is 0 Å². The summed E-state index contributed by atoms with van der Waals surface area (Å²) in [5, 5.41) is 3.76. The van der Waals surface area contributed by atoms with Crippen LogP contribution in [0.1, 0.15) is 11.1 Å². The Kier molecular flexibility index (Phi) is 7.97. The molecule has 0 aliphatic carbocycles. The normalized spacial score (nSPS) is 11.8. The predicted octanol–water partition coefficient (Wildman–Crippen LogP) is 4.01. The molecule has 1 N–H and O–H groups in total. The van der Waals surface area contributed by atoms with Crippen LogP contribution in [0.2, 0.25) is 0 Å². The van der Waals surface area contributed by atoms with E-state index in [0.717, 1.165) is 18.3 Å². The van der Waals surface area contributed by atoms with E-state index in [0.29, 0.717) is 23.6 Å². The second-order valence-electron chi connectivity index (χ2n) is 6.86. The summed E-state index contributed by atoms with van der Waals surface area (Å²) >= 11 is 0. The number of halogens is 3. The number of hydrogen-bond donors (Lipinski definition) is 1. The molecule has 3 rings (SSSR count). The van der Waals surface area contributed by atoms with Crippen molar-refractivity contribution in [2.24, 2.45) is 5.10 Å². The number of alkyl halides is 3. The van der Waals surface area contributed by atoms with Gasteiger partial charge in [0, 0.05) is 11.6 Å². The van der Waals surface area contributed by atoms with E-state index in [-0.39, 0.29) is 17.9 Å². The maximum Gasteiger partial charge on any atom is 0.416 e. The summed E-state index contributed by atoms with van der Waals surface area (Å²) in [6.07, 6.45) is -3.45. The zero-order valence-electron chi connectivity index (χ0n) is 18.2. The number of para-hydroxylation sites is 1. The van der Waals surface area contributed by atoms with Crippen molar-refractivity contribution in [1.82, 2.24) is 5.43 Å². The molecule has 3 aromatic carbocycles. The minimum atomic E-state index is -4.60. The van der Waals surface area contributed by atoms with Gasteiger partial charge in [0.05, 0.1) is 18.9 Å². The highest BCUT2D eigenvalue weighted by Gasteiger charge is 2.31. The highest BCUT2D eigenvalue weighted by atomic mass is 32.2. The fraction of sp³-hybridized carbons (Fsp3) is 0.130. The van der Waals surface area contributed by atoms with Crippen LogP contribution in [0.25, 0.3) is 0 Å². The standard InChI is InChI=1S/C23H19F3N2O6S/c1-32-18-6-4-7-19(13-18)33-15-22(29)28-27-14-16-5-2-3-8-21(16)34-35(30,31)20-11-9-17(10-12-20)23(24,25)26/h2-14H,15H2,1H3,(H,28,29). The minimum absolute atomic E-state index is 0.141. The number of carbonyl (C=O) groups excluding carboxylic acids is 1. The Morgan fingerprint density at radius 2 is 1.69 bits per heavy atom. The van der Waals surface area contributed by atoms with Crippen molar-refractivity contribution in [3.8, 4) is 17.2 Å². The average Bonchev–Trinajstić information content (AvgIpc) is 2.83. The molecule has 1 amide bonds. The lowest BCUT2D eigenvalue weighted by atomic mass is 10.2. The van der Waals surface area contributed by atoms with Gasteiger partial charge in [0.15, 0.2) is 12.4 Å². The minimum Gasteiger partial charge on any atom is -0.497 e. The van der Waals surface area contributed by atoms with E-state index in [2.05, 4.69) is 10.5 Å². The molecule has 0 bridgehead atoms. The summed E-state index contributed by atoms with van der Waals surface area (Å²) in [4.78, 5) is 11.5. The van der Waals surface area contributed by atoms with Gasteiger partial charge in [0.1, 0.15) is 16.4 Å². The predicted molar refractivity (Wildman–Crippen MR) is 120 cm³/mol. The molecule has 0 fully saturated rings. The van der Waals surface area contributed by atoms with Crippen molar-refractivity contribution in [3.63, 3.8) is 0 Å². The molecular weight excluding hydrogens is 489 g/mol. The molecule has 0 aliphatic heterocycles. The average molecular weight is 508 g/mol. The number of rotatable bonds is 9. The molecule has 184 valence electrons. The molecule has 0 saturated heterocycles. The maximum atomic E-state index is 12.7. The Morgan fingerprint density at radius 3 is 2.37 bits per heavy atom. The third-order valence-electron chi connectivity index (χ3n) is 4.39. The monoisotopic (exact) mass is 508 g/mol. The summed E-state index contributed by atoms with van der Waals surface area (Å²) in [7, 11) is -2.93. The van der Waals surface area contributed by atoms with Gasteiger partial charge >= 0.3 is 16.3 Å². The quantitative estimate of drug-likeness (QED) is 0.266. The fourth-order valence-electron chi connectivity index (χ4n) is 2.69. The number of amides is 1. The SMILES string of the molecule is COc1cccc(OCC(=O)NN=Cc2ccccc2OS(=O)(=O)c2ccc(C(F)(F)F)cc2)c1. The molecule has 0 aromatic heterocycles. The van der Waals surface area contributed by atoms with Gasteiger partial charge in [-0.15, -0.1) is 0 Å². The van der Waals surface area contributed by atoms with E-state index in [4.69, 9.17) is 13.7 Å². The number of methoxy groups -OCH3 is 1. The van der Waals surface area contributed by atoms with Crippen molar-refractivity contribution < 1.29 is 40.0 Å². The summed E-state index contributed by atoms with van der Waals surface area (Å²) in [6, 6.07) is 15.4. The van der Waals surface area contributed by atoms with Crippen molar-refractivity contribution in [2.75, 3.05) is 13.7 Å². The van der Waals surface area contributed by atoms with Gasteiger partial charge in [-0.05, 0) is 48.5 Å². The molecule has 0 radical (unpaired) electrons. The Hall–Kier alpha value is -4.06. The third kappa shape index (κ3) is 7.21. The van der Waals surface area contributed by atoms with Crippen molar-refractivity contribution in [1.29, 1.82) is 0 Å². The molecule has 0 heterocycles. The second-order valence-corrected chi connectivity index (χ2v) is 8.40. The first-order chi connectivity index (χ1) is 16.6. The van der Waals surface area contributed by atoms with Crippen LogP contribution in [-0.2, 0) is 21.1 Å². The number of hydrogen-bond acceptors (Lipinski definition) is 7. The van der Waals surface area contributed by atoms with Gasteiger partial charge in [-0.2, -0.15) is 26.7 Å². The first kappa shape index (κ1) is 25.6. The molecule has 8 nitrogen and oxygen atoms in total. The van der Waals surface area contributed by atoms with E-state index in [1.54, 1.807) is 30.3 Å². The Balaban J connectivity index is 1.63. The molecule has 3 aromatic rings. The van der Waals surface area contributed by atoms with Crippen LogP contribution in [0.4, 0.5) is 13.2 Å². The van der Waals surface area contributed by atoms with Gasteiger partial charge in [-0.1, -0.05) is 18.2 Å². The van der Waals surface area contributed by atoms with Gasteiger partial charge in [0.25, 0.3) is 5.91 Å². The second kappa shape index (κ2) is 10.9. The topological polar surface area (TPSA) is 103 Å². The van der Waals surface area contributed by atoms with Crippen LogP contribution in [0.5, 0.6) is 17.2 Å². The summed E-state index contributed by atoms with van der Waals surface area (Å²) < 4.78 is 78.7. The van der Waals surface area contributed by atoms with Gasteiger partial charge < -0.3 is 13.7 Å². The van der Waals surface area contributed by atoms with Crippen LogP contribution in [-0.4, -0.2) is 34.3 Å². The molecule has 0 spiro atoms. The van der Waals surface area contributed by atoms with E-state index in [1.807, 2.05) is 0 Å². The Morgan fingerprint density at radius 1 is 1.00 bits per heavy atom. The van der Waals surface area contributed by atoms with Crippen LogP contribution in [0.3, 0.4) is 0 Å². The molecule has 0 unspecified atom stereocenters. The molecule has 0 atom stereocenters. The molecule has 0 saturated carbocycles. The lowest BCUT2D eigenvalue weighted by molar-refractivity contribution is -0.137. The largest absolute Gasteiger partial charge is 0.497 e. The maximum absolute atomic E-state index is 12.7. The molecule has 12 heteroatoms. The molecule has 35 heavy (non-hydrogen) atoms. The first-order valence-electron chi connectivity index (χ1n) is 9.88. The molecular formula is C23H19F3N2O6S. The van der Waals surface area contributed by atoms with E-state index in [9.17, 15) is 26.4 Å². The lowest BCUT2D eigenvalue weighted by Crippen LogP contribution is -2.24. The molecule has 0 aliphatic rings. The van der Waals surface area contributed by atoms with E-state index in [1.165, 1.54) is 25.3 Å². The summed E-state index contributed by atoms with van der Waals surface area (Å²) in [6.45, 7) is -0.342. The van der Waals surface area contributed by atoms with Gasteiger partial charge in [-0.25, -0.2) is 5.43 Å². The highest BCUT2D eigenvalue weighted by molar-refractivity contribution is 7.87. The fourth-order valence-corrected chi connectivity index (χ4v) is 3.64. The van der Waals surface area contributed by atoms with Crippen LogP contribution in [0.15, 0.2) is 82.8 Å². The highest BCUT2D eigenvalue weighted by Crippen LogP contribution is 2.30. The van der Waals surface area contributed by atoms with Crippen LogP contribution in [0, 0.1) is 0 Å². The van der Waals surface area contributed by atoms with Crippen LogP contribution >= 0.6 is 0 Å². The third-order valence-corrected chi connectivity index (χ3v) is 5.64. The van der Waals surface area contributed by atoms with E-state index < -0.39 is 32.7 Å². The Labute approximate surface area is 199 Å². The number of nitrogens with one attached hydrogen (secondary N) is 1. The zero-order chi connectivity index (χ0) is 25.5.